The Labute approximate surface area is 124 Å². The van der Waals surface area contributed by atoms with Gasteiger partial charge < -0.3 is 5.73 Å². The number of pyridine rings is 1. The summed E-state index contributed by atoms with van der Waals surface area (Å²) in [6.07, 6.45) is 6.62. The number of nitrogens with two attached hydrogens (primary N) is 1. The minimum atomic E-state index is 0.0500. The first-order valence-corrected chi connectivity index (χ1v) is 8.09. The molecule has 0 spiro atoms. The molecule has 0 aliphatic heterocycles. The molecule has 1 atom stereocenters. The summed E-state index contributed by atoms with van der Waals surface area (Å²) in [5.41, 5.74) is 10.0. The van der Waals surface area contributed by atoms with Crippen molar-refractivity contribution in [3.8, 4) is 0 Å². The molecule has 3 rings (SSSR count). The highest BCUT2D eigenvalue weighted by Gasteiger charge is 2.11. The van der Waals surface area contributed by atoms with Crippen LogP contribution < -0.4 is 5.73 Å². The van der Waals surface area contributed by atoms with Crippen molar-refractivity contribution in [2.24, 2.45) is 5.73 Å². The summed E-state index contributed by atoms with van der Waals surface area (Å²) in [7, 11) is 0. The fraction of sp³-hybridized carbons (Fsp3) is 0.353. The Morgan fingerprint density at radius 2 is 1.95 bits per heavy atom. The van der Waals surface area contributed by atoms with Crippen molar-refractivity contribution < 1.29 is 0 Å². The number of hydrogen-bond donors (Lipinski definition) is 1. The number of aryl methyl sites for hydroxylation is 2. The number of rotatable bonds is 4. The second kappa shape index (κ2) is 5.98. The maximum Gasteiger partial charge on any atom is 0.0571 e. The Morgan fingerprint density at radius 3 is 2.70 bits per heavy atom. The van der Waals surface area contributed by atoms with E-state index in [1.807, 2.05) is 12.3 Å². The molecule has 20 heavy (non-hydrogen) atoms. The van der Waals surface area contributed by atoms with E-state index in [0.717, 1.165) is 12.1 Å². The van der Waals surface area contributed by atoms with Gasteiger partial charge in [-0.3, -0.25) is 4.98 Å². The van der Waals surface area contributed by atoms with Crippen LogP contribution in [0.4, 0.5) is 0 Å². The molecule has 2 aromatic rings. The van der Waals surface area contributed by atoms with Crippen LogP contribution in [0.25, 0.3) is 0 Å². The molecule has 2 nitrogen and oxygen atoms in total. The summed E-state index contributed by atoms with van der Waals surface area (Å²) in [6.45, 7) is 2.08. The Hall–Kier alpha value is -1.32. The molecule has 2 N–H and O–H groups in total. The van der Waals surface area contributed by atoms with Crippen LogP contribution in [0, 0.1) is 0 Å². The molecule has 1 unspecified atom stereocenters. The zero-order valence-electron chi connectivity index (χ0n) is 11.8. The van der Waals surface area contributed by atoms with Crippen LogP contribution in [0.1, 0.15) is 42.6 Å². The molecule has 1 heterocycles. The summed E-state index contributed by atoms with van der Waals surface area (Å²) >= 11 is 1.78. The Bertz CT molecular complexity index is 592. The Morgan fingerprint density at radius 1 is 1.15 bits per heavy atom. The van der Waals surface area contributed by atoms with Gasteiger partial charge in [-0.2, -0.15) is 0 Å². The van der Waals surface area contributed by atoms with E-state index in [1.54, 1.807) is 11.8 Å². The molecule has 0 fully saturated rings. The van der Waals surface area contributed by atoms with Gasteiger partial charge in [-0.05, 0) is 61.1 Å². The van der Waals surface area contributed by atoms with Crippen LogP contribution in [0.3, 0.4) is 0 Å². The second-order valence-electron chi connectivity index (χ2n) is 5.32. The zero-order chi connectivity index (χ0) is 13.9. The molecular weight excluding hydrogens is 264 g/mol. The summed E-state index contributed by atoms with van der Waals surface area (Å²) in [5.74, 6) is 0. The van der Waals surface area contributed by atoms with E-state index in [2.05, 4.69) is 36.2 Å². The molecular formula is C17H20N2S. The minimum Gasteiger partial charge on any atom is -0.323 e. The second-order valence-corrected chi connectivity index (χ2v) is 6.47. The van der Waals surface area contributed by atoms with Gasteiger partial charge in [-0.25, -0.2) is 0 Å². The highest BCUT2D eigenvalue weighted by molar-refractivity contribution is 7.99. The topological polar surface area (TPSA) is 38.9 Å². The third kappa shape index (κ3) is 2.89. The quantitative estimate of drug-likeness (QED) is 0.917. The first-order chi connectivity index (χ1) is 9.76. The van der Waals surface area contributed by atoms with Gasteiger partial charge in [0, 0.05) is 22.0 Å². The third-order valence-electron chi connectivity index (χ3n) is 3.88. The van der Waals surface area contributed by atoms with E-state index in [9.17, 15) is 0 Å². The molecule has 1 aromatic carbocycles. The summed E-state index contributed by atoms with van der Waals surface area (Å²) in [6, 6.07) is 11.0. The number of nitrogens with zero attached hydrogens (tertiary/aromatic N) is 1. The summed E-state index contributed by atoms with van der Waals surface area (Å²) < 4.78 is 0. The molecule has 1 aromatic heterocycles. The maximum atomic E-state index is 5.99. The van der Waals surface area contributed by atoms with Gasteiger partial charge in [0.15, 0.2) is 0 Å². The normalized spacial score (nSPS) is 15.1. The van der Waals surface area contributed by atoms with Crippen molar-refractivity contribution in [1.82, 2.24) is 4.98 Å². The molecule has 0 saturated heterocycles. The molecule has 104 valence electrons. The van der Waals surface area contributed by atoms with E-state index in [-0.39, 0.29) is 6.04 Å². The van der Waals surface area contributed by atoms with Crippen LogP contribution in [0.2, 0.25) is 0 Å². The lowest BCUT2D eigenvalue weighted by atomic mass is 10.1. The van der Waals surface area contributed by atoms with Crippen LogP contribution in [-0.2, 0) is 12.8 Å². The molecule has 0 saturated carbocycles. The highest BCUT2D eigenvalue weighted by Crippen LogP contribution is 2.32. The van der Waals surface area contributed by atoms with Crippen LogP contribution >= 0.6 is 11.8 Å². The van der Waals surface area contributed by atoms with Gasteiger partial charge in [0.05, 0.1) is 5.69 Å². The van der Waals surface area contributed by atoms with Crippen molar-refractivity contribution in [3.05, 3.63) is 53.3 Å². The first kappa shape index (κ1) is 13.7. The summed E-state index contributed by atoms with van der Waals surface area (Å²) in [4.78, 5) is 6.95. The predicted octanol–water partition coefficient (Wildman–Crippen LogP) is 4.13. The Kier molecular flexibility index (Phi) is 4.08. The molecule has 0 amide bonds. The summed E-state index contributed by atoms with van der Waals surface area (Å²) in [5, 5.41) is 0. The van der Waals surface area contributed by atoms with Crippen molar-refractivity contribution in [2.75, 3.05) is 0 Å². The third-order valence-corrected chi connectivity index (χ3v) is 4.85. The average Bonchev–Trinajstić information content (AvgIpc) is 2.95. The van der Waals surface area contributed by atoms with Crippen molar-refractivity contribution in [1.29, 1.82) is 0 Å². The molecule has 0 bridgehead atoms. The highest BCUT2D eigenvalue weighted by atomic mass is 32.2. The predicted molar refractivity (Wildman–Crippen MR) is 84.0 cm³/mol. The SMILES string of the molecule is CCC(N)c1ccc(Sc2ccc3c(c2)CCC3)cn1. The van der Waals surface area contributed by atoms with Gasteiger partial charge in [0.25, 0.3) is 0 Å². The molecule has 1 aliphatic rings. The lowest BCUT2D eigenvalue weighted by molar-refractivity contribution is 0.674. The number of aromatic nitrogens is 1. The molecule has 0 radical (unpaired) electrons. The standard InChI is InChI=1S/C17H20N2S/c1-2-16(18)17-9-8-15(11-19-17)20-14-7-6-12-4-3-5-13(12)10-14/h6-11,16H,2-5,18H2,1H3. The Balaban J connectivity index is 1.74. The van der Waals surface area contributed by atoms with Gasteiger partial charge in [0.2, 0.25) is 0 Å². The maximum absolute atomic E-state index is 5.99. The van der Waals surface area contributed by atoms with Crippen LogP contribution in [0.5, 0.6) is 0 Å². The van der Waals surface area contributed by atoms with Gasteiger partial charge in [0.1, 0.15) is 0 Å². The van der Waals surface area contributed by atoms with E-state index in [1.165, 1.54) is 40.2 Å². The average molecular weight is 284 g/mol. The van der Waals surface area contributed by atoms with Crippen molar-refractivity contribution in [2.45, 2.75) is 48.4 Å². The largest absolute Gasteiger partial charge is 0.323 e. The van der Waals surface area contributed by atoms with E-state index >= 15 is 0 Å². The lowest BCUT2D eigenvalue weighted by Gasteiger charge is -2.09. The van der Waals surface area contributed by atoms with Gasteiger partial charge >= 0.3 is 0 Å². The van der Waals surface area contributed by atoms with Crippen LogP contribution in [0.15, 0.2) is 46.3 Å². The van der Waals surface area contributed by atoms with Gasteiger partial charge in [-0.1, -0.05) is 24.8 Å². The number of benzene rings is 1. The number of hydrogen-bond acceptors (Lipinski definition) is 3. The molecule has 1 aliphatic carbocycles. The lowest BCUT2D eigenvalue weighted by Crippen LogP contribution is -2.10. The monoisotopic (exact) mass is 284 g/mol. The first-order valence-electron chi connectivity index (χ1n) is 7.27. The van der Waals surface area contributed by atoms with E-state index in [4.69, 9.17) is 5.73 Å². The smallest absolute Gasteiger partial charge is 0.0571 e. The van der Waals surface area contributed by atoms with Crippen molar-refractivity contribution in [3.63, 3.8) is 0 Å². The number of fused-ring (bicyclic) bond motifs is 1. The zero-order valence-corrected chi connectivity index (χ0v) is 12.6. The van der Waals surface area contributed by atoms with E-state index in [0.29, 0.717) is 0 Å². The fourth-order valence-electron chi connectivity index (χ4n) is 2.63. The fourth-order valence-corrected chi connectivity index (χ4v) is 3.48. The minimum absolute atomic E-state index is 0.0500. The van der Waals surface area contributed by atoms with Gasteiger partial charge in [-0.15, -0.1) is 0 Å². The van der Waals surface area contributed by atoms with E-state index < -0.39 is 0 Å². The molecule has 3 heteroatoms. The van der Waals surface area contributed by atoms with Crippen molar-refractivity contribution >= 4 is 11.8 Å². The van der Waals surface area contributed by atoms with Crippen LogP contribution in [-0.4, -0.2) is 4.98 Å².